The smallest absolute Gasteiger partial charge is 0.239 e. The van der Waals surface area contributed by atoms with Gasteiger partial charge in [0.05, 0.1) is 0 Å². The van der Waals surface area contributed by atoms with Gasteiger partial charge in [-0.25, -0.2) is 0 Å². The average molecular weight is 192 g/mol. The second kappa shape index (κ2) is 4.77. The summed E-state index contributed by atoms with van der Waals surface area (Å²) in [5.41, 5.74) is 7.42. The van der Waals surface area contributed by atoms with Crippen molar-refractivity contribution in [2.24, 2.45) is 5.73 Å². The largest absolute Gasteiger partial charge is 0.368 e. The number of hydrogen-bond donors (Lipinski definition) is 2. The summed E-state index contributed by atoms with van der Waals surface area (Å²) in [6.07, 6.45) is 1.00. The number of carbonyl (C=O) groups is 1. The molecule has 0 aliphatic heterocycles. The second-order valence-electron chi connectivity index (χ2n) is 3.22. The first-order valence-electron chi connectivity index (χ1n) is 4.74. The zero-order valence-corrected chi connectivity index (χ0v) is 8.58. The summed E-state index contributed by atoms with van der Waals surface area (Å²) < 4.78 is 0. The van der Waals surface area contributed by atoms with Crippen LogP contribution in [0.1, 0.15) is 24.1 Å². The summed E-state index contributed by atoms with van der Waals surface area (Å²) in [5.74, 6) is -0.350. The SMILES string of the molecule is CCc1ccc([C@H](NC)C(N)=O)cc1. The maximum absolute atomic E-state index is 11.0. The number of amides is 1. The number of benzene rings is 1. The third-order valence-electron chi connectivity index (χ3n) is 2.29. The Balaban J connectivity index is 2.89. The van der Waals surface area contributed by atoms with Crippen LogP contribution in [0.4, 0.5) is 0 Å². The van der Waals surface area contributed by atoms with E-state index >= 15 is 0 Å². The zero-order valence-electron chi connectivity index (χ0n) is 8.58. The van der Waals surface area contributed by atoms with Crippen LogP contribution < -0.4 is 11.1 Å². The molecule has 0 heterocycles. The van der Waals surface area contributed by atoms with Gasteiger partial charge in [-0.15, -0.1) is 0 Å². The molecule has 3 heteroatoms. The molecular weight excluding hydrogens is 176 g/mol. The molecule has 0 bridgehead atoms. The maximum Gasteiger partial charge on any atom is 0.239 e. The van der Waals surface area contributed by atoms with E-state index in [4.69, 9.17) is 5.73 Å². The minimum atomic E-state index is -0.388. The molecule has 14 heavy (non-hydrogen) atoms. The van der Waals surface area contributed by atoms with Crippen molar-refractivity contribution >= 4 is 5.91 Å². The Morgan fingerprint density at radius 2 is 2.00 bits per heavy atom. The van der Waals surface area contributed by atoms with Crippen molar-refractivity contribution in [1.29, 1.82) is 0 Å². The minimum absolute atomic E-state index is 0.350. The van der Waals surface area contributed by atoms with Crippen LogP contribution in [0.25, 0.3) is 0 Å². The highest BCUT2D eigenvalue weighted by atomic mass is 16.1. The van der Waals surface area contributed by atoms with E-state index in [1.54, 1.807) is 7.05 Å². The summed E-state index contributed by atoms with van der Waals surface area (Å²) in [6, 6.07) is 7.52. The van der Waals surface area contributed by atoms with Gasteiger partial charge in [0.15, 0.2) is 0 Å². The van der Waals surface area contributed by atoms with Gasteiger partial charge in [-0.3, -0.25) is 4.79 Å². The number of nitrogens with one attached hydrogen (secondary N) is 1. The van der Waals surface area contributed by atoms with Crippen LogP contribution in [0.3, 0.4) is 0 Å². The van der Waals surface area contributed by atoms with Crippen molar-refractivity contribution < 1.29 is 4.79 Å². The predicted octanol–water partition coefficient (Wildman–Crippen LogP) is 0.995. The van der Waals surface area contributed by atoms with Crippen molar-refractivity contribution in [3.8, 4) is 0 Å². The Hall–Kier alpha value is -1.35. The summed E-state index contributed by atoms with van der Waals surface area (Å²) >= 11 is 0. The molecule has 0 aromatic heterocycles. The maximum atomic E-state index is 11.0. The molecule has 3 N–H and O–H groups in total. The van der Waals surface area contributed by atoms with Gasteiger partial charge >= 0.3 is 0 Å². The lowest BCUT2D eigenvalue weighted by Crippen LogP contribution is -2.31. The molecule has 0 aliphatic carbocycles. The van der Waals surface area contributed by atoms with Crippen molar-refractivity contribution in [1.82, 2.24) is 5.32 Å². The van der Waals surface area contributed by atoms with Crippen molar-refractivity contribution in [3.63, 3.8) is 0 Å². The molecule has 1 atom stereocenters. The molecule has 0 radical (unpaired) electrons. The van der Waals surface area contributed by atoms with Crippen LogP contribution in [0.2, 0.25) is 0 Å². The normalized spacial score (nSPS) is 12.4. The number of nitrogens with two attached hydrogens (primary N) is 1. The summed E-state index contributed by atoms with van der Waals surface area (Å²) in [7, 11) is 1.73. The molecule has 0 saturated heterocycles. The molecule has 1 aromatic carbocycles. The van der Waals surface area contributed by atoms with Gasteiger partial charge in [0.2, 0.25) is 5.91 Å². The Kier molecular flexibility index (Phi) is 3.65. The van der Waals surface area contributed by atoms with E-state index in [0.717, 1.165) is 12.0 Å². The third-order valence-corrected chi connectivity index (χ3v) is 2.29. The van der Waals surface area contributed by atoms with E-state index in [2.05, 4.69) is 12.2 Å². The Bertz CT molecular complexity index is 306. The van der Waals surface area contributed by atoms with Gasteiger partial charge in [-0.2, -0.15) is 0 Å². The molecule has 1 aromatic rings. The highest BCUT2D eigenvalue weighted by Crippen LogP contribution is 2.13. The van der Waals surface area contributed by atoms with E-state index in [1.165, 1.54) is 5.56 Å². The monoisotopic (exact) mass is 192 g/mol. The minimum Gasteiger partial charge on any atom is -0.368 e. The Morgan fingerprint density at radius 3 is 2.36 bits per heavy atom. The second-order valence-corrected chi connectivity index (χ2v) is 3.22. The Morgan fingerprint density at radius 1 is 1.43 bits per heavy atom. The van der Waals surface area contributed by atoms with Crippen LogP contribution in [-0.2, 0) is 11.2 Å². The molecule has 1 rings (SSSR count). The summed E-state index contributed by atoms with van der Waals surface area (Å²) in [6.45, 7) is 2.10. The van der Waals surface area contributed by atoms with E-state index in [9.17, 15) is 4.79 Å². The number of aryl methyl sites for hydroxylation is 1. The van der Waals surface area contributed by atoms with E-state index in [-0.39, 0.29) is 11.9 Å². The van der Waals surface area contributed by atoms with Gasteiger partial charge < -0.3 is 11.1 Å². The van der Waals surface area contributed by atoms with Crippen molar-refractivity contribution in [2.75, 3.05) is 7.05 Å². The standard InChI is InChI=1S/C11H16N2O/c1-3-8-4-6-9(7-5-8)10(13-2)11(12)14/h4-7,10,13H,3H2,1-2H3,(H2,12,14)/t10-/m0/s1. The predicted molar refractivity (Wildman–Crippen MR) is 56.8 cm³/mol. The van der Waals surface area contributed by atoms with E-state index < -0.39 is 0 Å². The molecule has 0 saturated carbocycles. The first-order valence-corrected chi connectivity index (χ1v) is 4.74. The van der Waals surface area contributed by atoms with Gasteiger partial charge in [0.25, 0.3) is 0 Å². The van der Waals surface area contributed by atoms with Gasteiger partial charge in [-0.05, 0) is 24.6 Å². The first kappa shape index (κ1) is 10.7. The lowest BCUT2D eigenvalue weighted by atomic mass is 10.0. The molecule has 0 fully saturated rings. The van der Waals surface area contributed by atoms with Crippen LogP contribution in [0.15, 0.2) is 24.3 Å². The van der Waals surface area contributed by atoms with Crippen molar-refractivity contribution in [2.45, 2.75) is 19.4 Å². The topological polar surface area (TPSA) is 55.1 Å². The van der Waals surface area contributed by atoms with Crippen molar-refractivity contribution in [3.05, 3.63) is 35.4 Å². The fourth-order valence-electron chi connectivity index (χ4n) is 1.42. The van der Waals surface area contributed by atoms with Crippen LogP contribution in [0.5, 0.6) is 0 Å². The molecule has 76 valence electrons. The molecule has 0 spiro atoms. The fourth-order valence-corrected chi connectivity index (χ4v) is 1.42. The number of carbonyl (C=O) groups excluding carboxylic acids is 1. The van der Waals surface area contributed by atoms with E-state index in [0.29, 0.717) is 0 Å². The lowest BCUT2D eigenvalue weighted by Gasteiger charge is -2.12. The first-order chi connectivity index (χ1) is 6.69. The quantitative estimate of drug-likeness (QED) is 0.747. The lowest BCUT2D eigenvalue weighted by molar-refractivity contribution is -0.120. The molecule has 1 amide bonds. The summed E-state index contributed by atoms with van der Waals surface area (Å²) in [5, 5.41) is 2.88. The van der Waals surface area contributed by atoms with Crippen LogP contribution in [0, 0.1) is 0 Å². The number of hydrogen-bond acceptors (Lipinski definition) is 2. The molecule has 0 unspecified atom stereocenters. The summed E-state index contributed by atoms with van der Waals surface area (Å²) in [4.78, 5) is 11.0. The average Bonchev–Trinajstić information content (AvgIpc) is 2.19. The number of primary amides is 1. The van der Waals surface area contributed by atoms with Gasteiger partial charge in [-0.1, -0.05) is 31.2 Å². The van der Waals surface area contributed by atoms with Crippen LogP contribution in [-0.4, -0.2) is 13.0 Å². The fraction of sp³-hybridized carbons (Fsp3) is 0.364. The van der Waals surface area contributed by atoms with Gasteiger partial charge in [0, 0.05) is 0 Å². The molecule has 0 aliphatic rings. The molecule has 3 nitrogen and oxygen atoms in total. The van der Waals surface area contributed by atoms with Crippen LogP contribution >= 0.6 is 0 Å². The van der Waals surface area contributed by atoms with E-state index in [1.807, 2.05) is 24.3 Å². The van der Waals surface area contributed by atoms with Gasteiger partial charge in [0.1, 0.15) is 6.04 Å². The highest BCUT2D eigenvalue weighted by molar-refractivity contribution is 5.81. The number of rotatable bonds is 4. The number of likely N-dealkylation sites (N-methyl/N-ethyl adjacent to an activating group) is 1. The highest BCUT2D eigenvalue weighted by Gasteiger charge is 2.14. The zero-order chi connectivity index (χ0) is 10.6. The third kappa shape index (κ3) is 2.33. The Labute approximate surface area is 84.3 Å². The molecular formula is C11H16N2O.